The lowest BCUT2D eigenvalue weighted by atomic mass is 10.2. The summed E-state index contributed by atoms with van der Waals surface area (Å²) in [7, 11) is 0. The maximum Gasteiger partial charge on any atom is 0.133 e. The van der Waals surface area contributed by atoms with Gasteiger partial charge in [-0.05, 0) is 19.8 Å². The van der Waals surface area contributed by atoms with Gasteiger partial charge < -0.3 is 4.90 Å². The van der Waals surface area contributed by atoms with Gasteiger partial charge in [0.25, 0.3) is 0 Å². The van der Waals surface area contributed by atoms with E-state index in [4.69, 9.17) is 4.98 Å². The first-order valence-corrected chi connectivity index (χ1v) is 7.42. The Hall–Kier alpha value is -0.640. The van der Waals surface area contributed by atoms with E-state index in [1.54, 1.807) is 0 Å². The minimum absolute atomic E-state index is 0.388. The van der Waals surface area contributed by atoms with Gasteiger partial charge in [0.2, 0.25) is 0 Å². The van der Waals surface area contributed by atoms with Crippen molar-refractivity contribution in [2.45, 2.75) is 45.6 Å². The van der Waals surface area contributed by atoms with Crippen LogP contribution >= 0.6 is 15.9 Å². The molecule has 2 rings (SSSR count). The van der Waals surface area contributed by atoms with E-state index in [-0.39, 0.29) is 0 Å². The van der Waals surface area contributed by atoms with Gasteiger partial charge in [-0.25, -0.2) is 9.97 Å². The number of halogens is 1. The third-order valence-electron chi connectivity index (χ3n) is 2.98. The van der Waals surface area contributed by atoms with Gasteiger partial charge in [0, 0.05) is 35.6 Å². The summed E-state index contributed by atoms with van der Waals surface area (Å²) in [5.41, 5.74) is 1.07. The Morgan fingerprint density at radius 3 is 2.65 bits per heavy atom. The first-order chi connectivity index (χ1) is 8.11. The molecule has 0 amide bonds. The quantitative estimate of drug-likeness (QED) is 0.781. The highest BCUT2D eigenvalue weighted by Gasteiger charge is 2.30. The minimum atomic E-state index is 0.388. The van der Waals surface area contributed by atoms with Gasteiger partial charge in [-0.1, -0.05) is 29.8 Å². The van der Waals surface area contributed by atoms with Crippen LogP contribution in [0.3, 0.4) is 0 Å². The van der Waals surface area contributed by atoms with Crippen molar-refractivity contribution in [2.75, 3.05) is 16.8 Å². The fraction of sp³-hybridized carbons (Fsp3) is 0.692. The fourth-order valence-corrected chi connectivity index (χ4v) is 2.32. The third-order valence-corrected chi connectivity index (χ3v) is 3.34. The van der Waals surface area contributed by atoms with Crippen LogP contribution < -0.4 is 4.90 Å². The van der Waals surface area contributed by atoms with Gasteiger partial charge in [-0.3, -0.25) is 0 Å². The molecule has 0 saturated heterocycles. The predicted octanol–water partition coefficient (Wildman–Crippen LogP) is 3.27. The predicted molar refractivity (Wildman–Crippen MR) is 75.0 cm³/mol. The molecule has 0 unspecified atom stereocenters. The zero-order chi connectivity index (χ0) is 12.4. The van der Waals surface area contributed by atoms with E-state index in [9.17, 15) is 0 Å². The van der Waals surface area contributed by atoms with Gasteiger partial charge in [0.1, 0.15) is 11.6 Å². The molecule has 0 aromatic carbocycles. The van der Waals surface area contributed by atoms with Crippen molar-refractivity contribution < 1.29 is 0 Å². The van der Waals surface area contributed by atoms with E-state index in [2.05, 4.69) is 52.7 Å². The molecular weight excluding hydrogens is 278 g/mol. The molecular formula is C13H20BrN3. The van der Waals surface area contributed by atoms with Crippen molar-refractivity contribution >= 4 is 21.7 Å². The van der Waals surface area contributed by atoms with Crippen molar-refractivity contribution in [1.29, 1.82) is 0 Å². The maximum atomic E-state index is 4.71. The first-order valence-electron chi connectivity index (χ1n) is 6.30. The Morgan fingerprint density at radius 1 is 1.41 bits per heavy atom. The zero-order valence-electron chi connectivity index (χ0n) is 10.8. The van der Waals surface area contributed by atoms with E-state index in [1.807, 2.05) is 0 Å². The van der Waals surface area contributed by atoms with Crippen molar-refractivity contribution in [3.8, 4) is 0 Å². The van der Waals surface area contributed by atoms with E-state index in [0.29, 0.717) is 12.0 Å². The van der Waals surface area contributed by atoms with Crippen LogP contribution in [0.2, 0.25) is 0 Å². The molecule has 1 saturated carbocycles. The van der Waals surface area contributed by atoms with E-state index in [0.717, 1.165) is 29.2 Å². The second kappa shape index (κ2) is 5.34. The number of aryl methyl sites for hydroxylation is 1. The average molecular weight is 298 g/mol. The highest BCUT2D eigenvalue weighted by molar-refractivity contribution is 9.09. The van der Waals surface area contributed by atoms with Crippen molar-refractivity contribution in [2.24, 2.45) is 0 Å². The molecule has 1 aromatic rings. The summed E-state index contributed by atoms with van der Waals surface area (Å²) in [6.45, 7) is 7.37. The molecule has 0 radical (unpaired) electrons. The minimum Gasteiger partial charge on any atom is -0.353 e. The molecule has 0 spiro atoms. The van der Waals surface area contributed by atoms with Crippen LogP contribution in [0, 0.1) is 6.92 Å². The van der Waals surface area contributed by atoms with Gasteiger partial charge in [0.05, 0.1) is 0 Å². The molecule has 1 fully saturated rings. The van der Waals surface area contributed by atoms with Gasteiger partial charge in [0.15, 0.2) is 0 Å². The van der Waals surface area contributed by atoms with E-state index >= 15 is 0 Å². The van der Waals surface area contributed by atoms with E-state index in [1.165, 1.54) is 12.8 Å². The molecule has 0 aliphatic heterocycles. The Kier molecular flexibility index (Phi) is 4.02. The lowest BCUT2D eigenvalue weighted by molar-refractivity contribution is 0.741. The summed E-state index contributed by atoms with van der Waals surface area (Å²) in [6.07, 6.45) is 2.60. The van der Waals surface area contributed by atoms with Crippen LogP contribution in [0.15, 0.2) is 6.07 Å². The summed E-state index contributed by atoms with van der Waals surface area (Å²) in [4.78, 5) is 11.6. The molecule has 3 nitrogen and oxygen atoms in total. The van der Waals surface area contributed by atoms with Crippen LogP contribution in [-0.4, -0.2) is 27.9 Å². The highest BCUT2D eigenvalue weighted by atomic mass is 79.9. The second-order valence-electron chi connectivity index (χ2n) is 4.99. The Morgan fingerprint density at radius 2 is 2.12 bits per heavy atom. The molecule has 4 heteroatoms. The Labute approximate surface area is 112 Å². The van der Waals surface area contributed by atoms with Crippen LogP contribution in [0.4, 0.5) is 5.82 Å². The lowest BCUT2D eigenvalue weighted by Gasteiger charge is -2.23. The SMILES string of the molecule is Cc1cc(N(CCBr)C2CC2)nc(C(C)C)n1. The topological polar surface area (TPSA) is 29.0 Å². The van der Waals surface area contributed by atoms with Crippen LogP contribution in [-0.2, 0) is 0 Å². The number of aromatic nitrogens is 2. The number of anilines is 1. The number of alkyl halides is 1. The molecule has 0 N–H and O–H groups in total. The molecule has 1 aliphatic rings. The van der Waals surface area contributed by atoms with E-state index < -0.39 is 0 Å². The highest BCUT2D eigenvalue weighted by Crippen LogP contribution is 2.31. The van der Waals surface area contributed by atoms with Crippen molar-refractivity contribution in [3.63, 3.8) is 0 Å². The summed E-state index contributed by atoms with van der Waals surface area (Å²) >= 11 is 3.52. The lowest BCUT2D eigenvalue weighted by Crippen LogP contribution is -2.29. The standard InChI is InChI=1S/C13H20BrN3/c1-9(2)13-15-10(3)8-12(16-13)17(7-6-14)11-4-5-11/h8-9,11H,4-7H2,1-3H3. The van der Waals surface area contributed by atoms with Gasteiger partial charge in [-0.15, -0.1) is 0 Å². The van der Waals surface area contributed by atoms with Crippen molar-refractivity contribution in [1.82, 2.24) is 9.97 Å². The molecule has 17 heavy (non-hydrogen) atoms. The maximum absolute atomic E-state index is 4.71. The Balaban J connectivity index is 2.28. The number of rotatable bonds is 5. The van der Waals surface area contributed by atoms with Crippen LogP contribution in [0.1, 0.15) is 44.1 Å². The molecule has 0 bridgehead atoms. The van der Waals surface area contributed by atoms with Gasteiger partial charge in [-0.2, -0.15) is 0 Å². The first kappa shape index (κ1) is 12.8. The number of nitrogens with zero attached hydrogens (tertiary/aromatic N) is 3. The average Bonchev–Trinajstić information content (AvgIpc) is 3.08. The summed E-state index contributed by atoms with van der Waals surface area (Å²) < 4.78 is 0. The fourth-order valence-electron chi connectivity index (χ4n) is 1.94. The van der Waals surface area contributed by atoms with Crippen LogP contribution in [0.5, 0.6) is 0 Å². The molecule has 1 aromatic heterocycles. The summed E-state index contributed by atoms with van der Waals surface area (Å²) in [5, 5.41) is 0.990. The number of hydrogen-bond acceptors (Lipinski definition) is 3. The summed E-state index contributed by atoms with van der Waals surface area (Å²) in [6, 6.07) is 2.80. The Bertz CT molecular complexity index is 388. The third kappa shape index (κ3) is 3.18. The molecule has 1 aliphatic carbocycles. The molecule has 0 atom stereocenters. The van der Waals surface area contributed by atoms with Crippen LogP contribution in [0.25, 0.3) is 0 Å². The van der Waals surface area contributed by atoms with Gasteiger partial charge >= 0.3 is 0 Å². The number of hydrogen-bond donors (Lipinski definition) is 0. The largest absolute Gasteiger partial charge is 0.353 e. The zero-order valence-corrected chi connectivity index (χ0v) is 12.4. The molecule has 1 heterocycles. The van der Waals surface area contributed by atoms with Crippen molar-refractivity contribution in [3.05, 3.63) is 17.6 Å². The molecule has 94 valence electrons. The monoisotopic (exact) mass is 297 g/mol. The smallest absolute Gasteiger partial charge is 0.133 e. The second-order valence-corrected chi connectivity index (χ2v) is 5.79. The summed E-state index contributed by atoms with van der Waals surface area (Å²) in [5.74, 6) is 2.45. The normalized spacial score (nSPS) is 15.4.